The second-order valence-electron chi connectivity index (χ2n) is 7.33. The van der Waals surface area contributed by atoms with Crippen molar-refractivity contribution in [2.45, 2.75) is 46.1 Å². The summed E-state index contributed by atoms with van der Waals surface area (Å²) in [4.78, 5) is 18.7. The lowest BCUT2D eigenvalue weighted by molar-refractivity contribution is 0.0892. The van der Waals surface area contributed by atoms with Gasteiger partial charge in [-0.3, -0.25) is 4.79 Å². The van der Waals surface area contributed by atoms with E-state index in [4.69, 9.17) is 4.52 Å². The highest BCUT2D eigenvalue weighted by atomic mass is 32.1. The fraction of sp³-hybridized carbons (Fsp3) is 0.450. The third-order valence-electron chi connectivity index (χ3n) is 5.66. The number of hydrogen-bond acceptors (Lipinski definition) is 5. The molecule has 3 atom stereocenters. The molecule has 0 saturated heterocycles. The predicted molar refractivity (Wildman–Crippen MR) is 103 cm³/mol. The molecule has 1 N–H and O–H groups in total. The Morgan fingerprint density at radius 2 is 2.19 bits per heavy atom. The number of rotatable bonds is 3. The number of pyridine rings is 1. The fourth-order valence-electron chi connectivity index (χ4n) is 3.86. The number of amides is 1. The SMILES string of the molecule is Cc1noc2nc(-c3cccs3)cc(C(=O)N[C@H]3CCC[C@@H](C)[C@@H]3C)c12. The summed E-state index contributed by atoms with van der Waals surface area (Å²) in [5.41, 5.74) is 2.46. The lowest BCUT2D eigenvalue weighted by Crippen LogP contribution is -2.43. The molecule has 1 fully saturated rings. The van der Waals surface area contributed by atoms with E-state index in [0.717, 1.165) is 23.4 Å². The Kier molecular flexibility index (Phi) is 4.53. The zero-order valence-electron chi connectivity index (χ0n) is 15.3. The Morgan fingerprint density at radius 1 is 1.35 bits per heavy atom. The van der Waals surface area contributed by atoms with Crippen LogP contribution in [0.25, 0.3) is 21.7 Å². The van der Waals surface area contributed by atoms with Gasteiger partial charge in [0, 0.05) is 6.04 Å². The zero-order chi connectivity index (χ0) is 18.3. The average Bonchev–Trinajstić information content (AvgIpc) is 3.28. The Bertz CT molecular complexity index is 932. The number of fused-ring (bicyclic) bond motifs is 1. The molecule has 3 aromatic heterocycles. The van der Waals surface area contributed by atoms with Gasteiger partial charge in [0.2, 0.25) is 0 Å². The quantitative estimate of drug-likeness (QED) is 0.719. The van der Waals surface area contributed by atoms with Crippen molar-refractivity contribution in [3.63, 3.8) is 0 Å². The highest BCUT2D eigenvalue weighted by molar-refractivity contribution is 7.13. The normalized spacial score (nSPS) is 23.3. The summed E-state index contributed by atoms with van der Waals surface area (Å²) in [5, 5.41) is 9.99. The van der Waals surface area contributed by atoms with Crippen molar-refractivity contribution in [1.29, 1.82) is 0 Å². The summed E-state index contributed by atoms with van der Waals surface area (Å²) >= 11 is 1.59. The number of carbonyl (C=O) groups excluding carboxylic acids is 1. The van der Waals surface area contributed by atoms with E-state index in [1.54, 1.807) is 11.3 Å². The standard InChI is InChI=1S/C20H23N3O2S/c1-11-6-4-7-15(12(11)2)21-19(24)14-10-16(17-8-5-9-26-17)22-20-18(14)13(3)23-25-20/h5,8-12,15H,4,6-7H2,1-3H3,(H,21,24)/t11-,12+,15+/m1/s1. The van der Waals surface area contributed by atoms with Gasteiger partial charge < -0.3 is 9.84 Å². The number of carbonyl (C=O) groups is 1. The average molecular weight is 369 g/mol. The number of aromatic nitrogens is 2. The first-order chi connectivity index (χ1) is 12.5. The summed E-state index contributed by atoms with van der Waals surface area (Å²) < 4.78 is 5.37. The van der Waals surface area contributed by atoms with Gasteiger partial charge in [-0.25, -0.2) is 4.98 Å². The van der Waals surface area contributed by atoms with Crippen molar-refractivity contribution in [2.75, 3.05) is 0 Å². The highest BCUT2D eigenvalue weighted by Crippen LogP contribution is 2.32. The van der Waals surface area contributed by atoms with Gasteiger partial charge in [0.25, 0.3) is 11.6 Å². The van der Waals surface area contributed by atoms with Gasteiger partial charge in [0.15, 0.2) is 0 Å². The smallest absolute Gasteiger partial charge is 0.259 e. The van der Waals surface area contributed by atoms with E-state index in [-0.39, 0.29) is 11.9 Å². The van der Waals surface area contributed by atoms with E-state index in [1.165, 1.54) is 6.42 Å². The monoisotopic (exact) mass is 369 g/mol. The van der Waals surface area contributed by atoms with Crippen molar-refractivity contribution < 1.29 is 9.32 Å². The molecular formula is C20H23N3O2S. The molecule has 1 aliphatic rings. The van der Waals surface area contributed by atoms with Crippen molar-refractivity contribution >= 4 is 28.3 Å². The highest BCUT2D eigenvalue weighted by Gasteiger charge is 2.29. The lowest BCUT2D eigenvalue weighted by Gasteiger charge is -2.34. The van der Waals surface area contributed by atoms with Crippen LogP contribution in [0.15, 0.2) is 28.1 Å². The molecule has 26 heavy (non-hydrogen) atoms. The summed E-state index contributed by atoms with van der Waals surface area (Å²) in [6.45, 7) is 6.35. The molecule has 6 heteroatoms. The summed E-state index contributed by atoms with van der Waals surface area (Å²) in [6.07, 6.45) is 3.43. The van der Waals surface area contributed by atoms with Gasteiger partial charge in [0.05, 0.1) is 27.2 Å². The molecule has 1 aliphatic carbocycles. The van der Waals surface area contributed by atoms with E-state index in [1.807, 2.05) is 30.5 Å². The molecule has 3 aromatic rings. The second-order valence-corrected chi connectivity index (χ2v) is 8.28. The van der Waals surface area contributed by atoms with Gasteiger partial charge in [-0.1, -0.05) is 37.9 Å². The molecule has 136 valence electrons. The fourth-order valence-corrected chi connectivity index (χ4v) is 4.54. The van der Waals surface area contributed by atoms with Crippen LogP contribution in [0.5, 0.6) is 0 Å². The first-order valence-corrected chi connectivity index (χ1v) is 10.0. The first kappa shape index (κ1) is 17.2. The minimum Gasteiger partial charge on any atom is -0.349 e. The molecule has 0 unspecified atom stereocenters. The third-order valence-corrected chi connectivity index (χ3v) is 6.55. The second kappa shape index (κ2) is 6.83. The Labute approximate surface area is 156 Å². The van der Waals surface area contributed by atoms with Gasteiger partial charge in [-0.15, -0.1) is 11.3 Å². The Balaban J connectivity index is 1.72. The van der Waals surface area contributed by atoms with Crippen LogP contribution in [0.1, 0.15) is 49.2 Å². The summed E-state index contributed by atoms with van der Waals surface area (Å²) in [5.74, 6) is 1.04. The minimum absolute atomic E-state index is 0.0625. The van der Waals surface area contributed by atoms with Crippen LogP contribution >= 0.6 is 11.3 Å². The van der Waals surface area contributed by atoms with Crippen LogP contribution in [-0.4, -0.2) is 22.1 Å². The molecule has 0 radical (unpaired) electrons. The molecule has 0 bridgehead atoms. The van der Waals surface area contributed by atoms with Crippen molar-refractivity contribution in [1.82, 2.24) is 15.5 Å². The number of hydrogen-bond donors (Lipinski definition) is 1. The van der Waals surface area contributed by atoms with Crippen LogP contribution in [0.4, 0.5) is 0 Å². The van der Waals surface area contributed by atoms with Crippen LogP contribution in [0.3, 0.4) is 0 Å². The maximum absolute atomic E-state index is 13.1. The Hall–Kier alpha value is -2.21. The van der Waals surface area contributed by atoms with Crippen LogP contribution in [0.2, 0.25) is 0 Å². The third kappa shape index (κ3) is 3.03. The number of nitrogens with one attached hydrogen (secondary N) is 1. The van der Waals surface area contributed by atoms with Gasteiger partial charge in [0.1, 0.15) is 0 Å². The zero-order valence-corrected chi connectivity index (χ0v) is 16.1. The van der Waals surface area contributed by atoms with E-state index < -0.39 is 0 Å². The number of nitrogens with zero attached hydrogens (tertiary/aromatic N) is 2. The van der Waals surface area contributed by atoms with Crippen LogP contribution < -0.4 is 5.32 Å². The van der Waals surface area contributed by atoms with Gasteiger partial charge >= 0.3 is 0 Å². The lowest BCUT2D eigenvalue weighted by atomic mass is 9.78. The molecule has 4 rings (SSSR count). The molecule has 0 aromatic carbocycles. The molecule has 1 saturated carbocycles. The Morgan fingerprint density at radius 3 is 2.96 bits per heavy atom. The molecule has 5 nitrogen and oxygen atoms in total. The maximum Gasteiger partial charge on any atom is 0.259 e. The van der Waals surface area contributed by atoms with E-state index in [2.05, 4.69) is 29.3 Å². The summed E-state index contributed by atoms with van der Waals surface area (Å²) in [6, 6.07) is 6.04. The first-order valence-electron chi connectivity index (χ1n) is 9.16. The molecule has 0 aliphatic heterocycles. The van der Waals surface area contributed by atoms with Crippen LogP contribution in [0, 0.1) is 18.8 Å². The van der Waals surface area contributed by atoms with E-state index in [0.29, 0.717) is 34.2 Å². The van der Waals surface area contributed by atoms with Gasteiger partial charge in [-0.2, -0.15) is 0 Å². The maximum atomic E-state index is 13.1. The predicted octanol–water partition coefficient (Wildman–Crippen LogP) is 4.81. The number of thiophene rings is 1. The number of aryl methyl sites for hydroxylation is 1. The minimum atomic E-state index is -0.0625. The van der Waals surface area contributed by atoms with Gasteiger partial charge in [-0.05, 0) is 42.7 Å². The van der Waals surface area contributed by atoms with Crippen LogP contribution in [-0.2, 0) is 0 Å². The van der Waals surface area contributed by atoms with Crippen molar-refractivity contribution in [3.8, 4) is 10.6 Å². The molecule has 3 heterocycles. The molecular weight excluding hydrogens is 346 g/mol. The summed E-state index contributed by atoms with van der Waals surface area (Å²) in [7, 11) is 0. The molecule has 0 spiro atoms. The van der Waals surface area contributed by atoms with E-state index in [9.17, 15) is 4.79 Å². The van der Waals surface area contributed by atoms with E-state index >= 15 is 0 Å². The van der Waals surface area contributed by atoms with Crippen molar-refractivity contribution in [2.24, 2.45) is 11.8 Å². The van der Waals surface area contributed by atoms with Crippen molar-refractivity contribution in [3.05, 3.63) is 34.8 Å². The largest absolute Gasteiger partial charge is 0.349 e. The molecule has 1 amide bonds. The topological polar surface area (TPSA) is 68.0 Å².